The Morgan fingerprint density at radius 3 is 1.47 bits per heavy atom. The van der Waals surface area contributed by atoms with Crippen molar-refractivity contribution in [1.82, 2.24) is 5.06 Å². The second-order valence-electron chi connectivity index (χ2n) is 10.3. The van der Waals surface area contributed by atoms with Gasteiger partial charge in [-0.15, -0.1) is 0 Å². The molecular formula is C20H49NO5S2Si2. The van der Waals surface area contributed by atoms with Crippen LogP contribution in [0, 0.1) is 0 Å². The number of hydrogen-bond acceptors (Lipinski definition) is 5. The molecule has 0 saturated heterocycles. The molecule has 0 aliphatic carbocycles. The third-order valence-corrected chi connectivity index (χ3v) is 14.8. The maximum atomic E-state index is 11.8. The maximum Gasteiger partial charge on any atom is 0.273 e. The van der Waals surface area contributed by atoms with E-state index in [0.717, 1.165) is 6.29 Å². The van der Waals surface area contributed by atoms with Crippen molar-refractivity contribution in [2.24, 2.45) is 0 Å². The number of hydrogen-bond donors (Lipinski definition) is 0. The molecule has 0 N–H and O–H groups in total. The minimum Gasteiger partial charge on any atom is -0.408 e. The van der Waals surface area contributed by atoms with Crippen LogP contribution in [-0.2, 0) is 23.3 Å². The standard InChI is InChI=1S/C11H25NO3Si.C9H20O2Si.2H2S/c1-9(10(13)12(5)14-6)15-16(7,8)11(2,3)4;1-8(7-10)11-12(5,6)9(2,3)4;;/h9H,1-8H3;7-8H,1-6H3;2*1H2/t9-;8-;;/m00../s1. The maximum absolute atomic E-state index is 11.8. The van der Waals surface area contributed by atoms with Gasteiger partial charge in [-0.2, -0.15) is 27.0 Å². The van der Waals surface area contributed by atoms with Crippen molar-refractivity contribution in [2.45, 2.75) is 104 Å². The summed E-state index contributed by atoms with van der Waals surface area (Å²) in [5.41, 5.74) is 0. The Morgan fingerprint density at radius 1 is 0.867 bits per heavy atom. The molecule has 0 unspecified atom stereocenters. The van der Waals surface area contributed by atoms with Crippen molar-refractivity contribution < 1.29 is 23.3 Å². The first-order valence-corrected chi connectivity index (χ1v) is 15.7. The lowest BCUT2D eigenvalue weighted by atomic mass is 10.2. The SMILES string of the molecule is CON(C)C(=O)[C@H](C)O[Si](C)(C)C(C)(C)C.C[C@@H](C=O)O[Si](C)(C)C(C)(C)C.S.S. The van der Waals surface area contributed by atoms with Crippen LogP contribution in [-0.4, -0.2) is 60.3 Å². The van der Waals surface area contributed by atoms with Crippen LogP contribution in [0.2, 0.25) is 36.3 Å². The molecule has 30 heavy (non-hydrogen) atoms. The van der Waals surface area contributed by atoms with Gasteiger partial charge in [0.15, 0.2) is 16.6 Å². The molecule has 184 valence electrons. The molecule has 0 aromatic heterocycles. The summed E-state index contributed by atoms with van der Waals surface area (Å²) in [5.74, 6) is -0.146. The Bertz CT molecular complexity index is 506. The van der Waals surface area contributed by atoms with E-state index < -0.39 is 22.7 Å². The molecule has 0 aromatic carbocycles. The van der Waals surface area contributed by atoms with Gasteiger partial charge in [-0.25, -0.2) is 5.06 Å². The van der Waals surface area contributed by atoms with Crippen LogP contribution in [0.3, 0.4) is 0 Å². The molecule has 0 radical (unpaired) electrons. The third kappa shape index (κ3) is 12.9. The van der Waals surface area contributed by atoms with E-state index in [9.17, 15) is 9.59 Å². The molecule has 0 bridgehead atoms. The highest BCUT2D eigenvalue weighted by Gasteiger charge is 2.40. The zero-order chi connectivity index (χ0) is 23.1. The van der Waals surface area contributed by atoms with E-state index in [4.69, 9.17) is 13.7 Å². The predicted octanol–water partition coefficient (Wildman–Crippen LogP) is 5.24. The van der Waals surface area contributed by atoms with Gasteiger partial charge in [0.05, 0.1) is 13.2 Å². The average molecular weight is 504 g/mol. The van der Waals surface area contributed by atoms with Gasteiger partial charge in [-0.05, 0) is 50.1 Å². The van der Waals surface area contributed by atoms with Crippen molar-refractivity contribution in [3.63, 3.8) is 0 Å². The molecule has 0 fully saturated rings. The fourth-order valence-electron chi connectivity index (χ4n) is 1.68. The van der Waals surface area contributed by atoms with E-state index in [1.54, 1.807) is 20.9 Å². The number of likely N-dealkylation sites (N-methyl/N-ethyl adjacent to an activating group) is 1. The van der Waals surface area contributed by atoms with Gasteiger partial charge in [0.2, 0.25) is 0 Å². The molecule has 0 aliphatic rings. The van der Waals surface area contributed by atoms with Gasteiger partial charge < -0.3 is 13.6 Å². The molecule has 0 spiro atoms. The summed E-state index contributed by atoms with van der Waals surface area (Å²) >= 11 is 0. The van der Waals surface area contributed by atoms with Crippen LogP contribution >= 0.6 is 27.0 Å². The normalized spacial score (nSPS) is 14.2. The number of hydroxylamine groups is 2. The van der Waals surface area contributed by atoms with Crippen molar-refractivity contribution in [3.05, 3.63) is 0 Å². The van der Waals surface area contributed by atoms with Crippen molar-refractivity contribution >= 4 is 55.8 Å². The van der Waals surface area contributed by atoms with Crippen LogP contribution in [0.4, 0.5) is 0 Å². The topological polar surface area (TPSA) is 65.1 Å². The van der Waals surface area contributed by atoms with E-state index >= 15 is 0 Å². The summed E-state index contributed by atoms with van der Waals surface area (Å²) in [5, 5.41) is 1.50. The number of amides is 1. The molecule has 0 heterocycles. The minimum atomic E-state index is -1.89. The van der Waals surface area contributed by atoms with Crippen LogP contribution in [0.5, 0.6) is 0 Å². The summed E-state index contributed by atoms with van der Waals surface area (Å²) in [7, 11) is -0.552. The van der Waals surface area contributed by atoms with Gasteiger partial charge in [0.1, 0.15) is 12.4 Å². The zero-order valence-corrected chi connectivity index (χ0v) is 25.7. The smallest absolute Gasteiger partial charge is 0.273 e. The highest BCUT2D eigenvalue weighted by atomic mass is 32.1. The van der Waals surface area contributed by atoms with Crippen LogP contribution in [0.1, 0.15) is 55.4 Å². The number of carbonyl (C=O) groups is 2. The van der Waals surface area contributed by atoms with E-state index in [1.165, 1.54) is 12.2 Å². The van der Waals surface area contributed by atoms with Crippen molar-refractivity contribution in [1.29, 1.82) is 0 Å². The highest BCUT2D eigenvalue weighted by Crippen LogP contribution is 2.38. The second kappa shape index (κ2) is 14.3. The fourth-order valence-corrected chi connectivity index (χ4v) is 4.36. The summed E-state index contributed by atoms with van der Waals surface area (Å²) in [6, 6.07) is 0. The summed E-state index contributed by atoms with van der Waals surface area (Å²) in [6.45, 7) is 25.1. The lowest BCUT2D eigenvalue weighted by Gasteiger charge is -2.38. The molecule has 0 aromatic rings. The summed E-state index contributed by atoms with van der Waals surface area (Å²) < 4.78 is 11.7. The number of nitrogens with zero attached hydrogens (tertiary/aromatic N) is 1. The Hall–Kier alpha value is 0.154. The molecule has 1 amide bonds. The Morgan fingerprint density at radius 2 is 1.20 bits per heavy atom. The number of rotatable bonds is 7. The molecule has 6 nitrogen and oxygen atoms in total. The largest absolute Gasteiger partial charge is 0.408 e. The first-order chi connectivity index (χ1) is 12.2. The van der Waals surface area contributed by atoms with Crippen LogP contribution in [0.25, 0.3) is 0 Å². The Balaban J connectivity index is -0.000000219. The van der Waals surface area contributed by atoms with Gasteiger partial charge in [-0.1, -0.05) is 41.5 Å². The molecule has 10 heteroatoms. The Labute approximate surface area is 201 Å². The number of aldehydes is 1. The van der Waals surface area contributed by atoms with Gasteiger partial charge >= 0.3 is 0 Å². The lowest BCUT2D eigenvalue weighted by Crippen LogP contribution is -2.47. The van der Waals surface area contributed by atoms with Gasteiger partial charge in [0.25, 0.3) is 5.91 Å². The van der Waals surface area contributed by atoms with E-state index in [2.05, 4.69) is 67.7 Å². The van der Waals surface area contributed by atoms with Gasteiger partial charge in [-0.3, -0.25) is 9.63 Å². The minimum absolute atomic E-state index is 0. The quantitative estimate of drug-likeness (QED) is 0.270. The lowest BCUT2D eigenvalue weighted by molar-refractivity contribution is -0.176. The van der Waals surface area contributed by atoms with Crippen molar-refractivity contribution in [2.75, 3.05) is 14.2 Å². The number of carbonyl (C=O) groups excluding carboxylic acids is 2. The van der Waals surface area contributed by atoms with Gasteiger partial charge in [0, 0.05) is 7.05 Å². The molecule has 0 rings (SSSR count). The molecule has 2 atom stereocenters. The Kier molecular flexibility index (Phi) is 17.9. The third-order valence-electron chi connectivity index (χ3n) is 5.69. The van der Waals surface area contributed by atoms with E-state index in [1.807, 2.05) is 0 Å². The second-order valence-corrected chi connectivity index (χ2v) is 19.8. The molecule has 0 aliphatic heterocycles. The monoisotopic (exact) mass is 503 g/mol. The first kappa shape index (κ1) is 37.5. The highest BCUT2D eigenvalue weighted by molar-refractivity contribution is 7.59. The summed E-state index contributed by atoms with van der Waals surface area (Å²) in [4.78, 5) is 27.0. The van der Waals surface area contributed by atoms with Crippen LogP contribution < -0.4 is 0 Å². The van der Waals surface area contributed by atoms with E-state index in [0.29, 0.717) is 0 Å². The van der Waals surface area contributed by atoms with Crippen molar-refractivity contribution in [3.8, 4) is 0 Å². The van der Waals surface area contributed by atoms with Crippen LogP contribution in [0.15, 0.2) is 0 Å². The molecule has 0 saturated carbocycles. The fraction of sp³-hybridized carbons (Fsp3) is 0.900. The first-order valence-electron chi connectivity index (χ1n) is 9.86. The zero-order valence-electron chi connectivity index (χ0n) is 21.7. The average Bonchev–Trinajstić information content (AvgIpc) is 2.50. The predicted molar refractivity (Wildman–Crippen MR) is 142 cm³/mol. The van der Waals surface area contributed by atoms with E-state index in [-0.39, 0.29) is 49.1 Å². The molecular weight excluding hydrogens is 455 g/mol. The summed E-state index contributed by atoms with van der Waals surface area (Å²) in [6.07, 6.45) is 0.150.